The standard InChI is InChI=1S/C10H8BrNO.C9H7BrN2O/c11-9-3-1-2-8(10(9)13)7-4-5-12-6-7;1-2-6-7-3-5(10)4-11-8(7)12-9(6)13/h1-6,12-13H;2-4H,1H3,(H,11,12,13)/b;6-2-. The van der Waals surface area contributed by atoms with Crippen molar-refractivity contribution in [2.75, 3.05) is 5.32 Å². The Balaban J connectivity index is 0.000000151. The Labute approximate surface area is 167 Å². The van der Waals surface area contributed by atoms with E-state index in [4.69, 9.17) is 0 Å². The van der Waals surface area contributed by atoms with Gasteiger partial charge in [-0.3, -0.25) is 4.79 Å². The molecule has 26 heavy (non-hydrogen) atoms. The maximum atomic E-state index is 11.3. The number of aromatic nitrogens is 2. The van der Waals surface area contributed by atoms with Gasteiger partial charge in [0.05, 0.1) is 4.47 Å². The lowest BCUT2D eigenvalue weighted by Gasteiger charge is -2.02. The minimum absolute atomic E-state index is 0.0805. The summed E-state index contributed by atoms with van der Waals surface area (Å²) < 4.78 is 1.59. The van der Waals surface area contributed by atoms with Gasteiger partial charge in [0, 0.05) is 45.3 Å². The number of phenols is 1. The number of hydrogen-bond donors (Lipinski definition) is 3. The van der Waals surface area contributed by atoms with Crippen LogP contribution in [-0.4, -0.2) is 21.0 Å². The normalized spacial score (nSPS) is 13.8. The van der Waals surface area contributed by atoms with E-state index in [1.807, 2.05) is 49.6 Å². The van der Waals surface area contributed by atoms with Gasteiger partial charge in [0.2, 0.25) is 0 Å². The van der Waals surface area contributed by atoms with Crippen molar-refractivity contribution < 1.29 is 9.90 Å². The molecule has 1 aliphatic rings. The predicted octanol–water partition coefficient (Wildman–Crippen LogP) is 5.35. The number of nitrogens with zero attached hydrogens (tertiary/aromatic N) is 1. The summed E-state index contributed by atoms with van der Waals surface area (Å²) in [5.74, 6) is 0.839. The number of amides is 1. The number of pyridine rings is 1. The van der Waals surface area contributed by atoms with Crippen LogP contribution in [0, 0.1) is 0 Å². The van der Waals surface area contributed by atoms with Gasteiger partial charge >= 0.3 is 0 Å². The Morgan fingerprint density at radius 1 is 1.19 bits per heavy atom. The molecule has 0 bridgehead atoms. The lowest BCUT2D eigenvalue weighted by atomic mass is 10.1. The molecule has 0 saturated heterocycles. The lowest BCUT2D eigenvalue weighted by molar-refractivity contribution is -0.110. The number of aromatic amines is 1. The SMILES string of the molecule is C/C=C1\C(=O)Nc2ncc(Br)cc21.Oc1c(Br)cccc1-c1cc[nH]c1. The van der Waals surface area contributed by atoms with E-state index in [0.717, 1.165) is 21.2 Å². The highest BCUT2D eigenvalue weighted by Gasteiger charge is 2.24. The average molecular weight is 477 g/mol. The molecule has 0 spiro atoms. The predicted molar refractivity (Wildman–Crippen MR) is 110 cm³/mol. The molecule has 3 heterocycles. The molecule has 0 aliphatic carbocycles. The Morgan fingerprint density at radius 2 is 2.00 bits per heavy atom. The lowest BCUT2D eigenvalue weighted by Crippen LogP contribution is -2.03. The van der Waals surface area contributed by atoms with E-state index in [2.05, 4.69) is 47.1 Å². The van der Waals surface area contributed by atoms with Crippen molar-refractivity contribution in [2.24, 2.45) is 0 Å². The molecule has 3 aromatic rings. The second-order valence-electron chi connectivity index (χ2n) is 5.44. The Morgan fingerprint density at radius 3 is 2.69 bits per heavy atom. The van der Waals surface area contributed by atoms with Crippen LogP contribution in [0.25, 0.3) is 16.7 Å². The molecule has 0 atom stereocenters. The Kier molecular flexibility index (Phi) is 5.58. The molecule has 0 radical (unpaired) electrons. The minimum Gasteiger partial charge on any atom is -0.506 e. The van der Waals surface area contributed by atoms with Crippen LogP contribution < -0.4 is 5.32 Å². The fraction of sp³-hybridized carbons (Fsp3) is 0.0526. The number of allylic oxidation sites excluding steroid dienone is 1. The minimum atomic E-state index is -0.0805. The molecule has 5 nitrogen and oxygen atoms in total. The third-order valence-corrected chi connectivity index (χ3v) is 4.88. The molecule has 3 N–H and O–H groups in total. The van der Waals surface area contributed by atoms with Gasteiger partial charge in [0.15, 0.2) is 0 Å². The van der Waals surface area contributed by atoms with Gasteiger partial charge in [-0.25, -0.2) is 4.98 Å². The van der Waals surface area contributed by atoms with Crippen LogP contribution in [0.4, 0.5) is 5.82 Å². The summed E-state index contributed by atoms with van der Waals surface area (Å²) in [5, 5.41) is 12.4. The molecule has 4 rings (SSSR count). The molecule has 1 amide bonds. The van der Waals surface area contributed by atoms with Gasteiger partial charge in [-0.05, 0) is 57.0 Å². The van der Waals surface area contributed by atoms with Crippen LogP contribution in [0.15, 0.2) is 63.9 Å². The number of aromatic hydroxyl groups is 1. The van der Waals surface area contributed by atoms with Crippen LogP contribution in [0.3, 0.4) is 0 Å². The van der Waals surface area contributed by atoms with Crippen LogP contribution in [0.2, 0.25) is 0 Å². The summed E-state index contributed by atoms with van der Waals surface area (Å²) in [6, 6.07) is 9.39. The van der Waals surface area contributed by atoms with Gasteiger partial charge in [-0.15, -0.1) is 0 Å². The maximum Gasteiger partial charge on any atom is 0.257 e. The number of rotatable bonds is 1. The molecule has 0 fully saturated rings. The molecule has 132 valence electrons. The number of halogens is 2. The van der Waals surface area contributed by atoms with Crippen molar-refractivity contribution in [3.05, 3.63) is 69.5 Å². The van der Waals surface area contributed by atoms with Crippen molar-refractivity contribution in [2.45, 2.75) is 6.92 Å². The zero-order valence-corrected chi connectivity index (χ0v) is 16.9. The molecular weight excluding hydrogens is 462 g/mol. The molecular formula is C19H15Br2N3O2. The number of carbonyl (C=O) groups excluding carboxylic acids is 1. The number of phenolic OH excluding ortho intramolecular Hbond substituents is 1. The van der Waals surface area contributed by atoms with Gasteiger partial charge in [0.1, 0.15) is 11.6 Å². The zero-order valence-electron chi connectivity index (χ0n) is 13.8. The van der Waals surface area contributed by atoms with E-state index < -0.39 is 0 Å². The number of benzene rings is 1. The fourth-order valence-electron chi connectivity index (χ4n) is 2.57. The highest BCUT2D eigenvalue weighted by atomic mass is 79.9. The summed E-state index contributed by atoms with van der Waals surface area (Å²) in [4.78, 5) is 18.4. The van der Waals surface area contributed by atoms with Crippen molar-refractivity contribution in [1.29, 1.82) is 0 Å². The number of fused-ring (bicyclic) bond motifs is 1. The van der Waals surface area contributed by atoms with Gasteiger partial charge in [-0.1, -0.05) is 18.2 Å². The Bertz CT molecular complexity index is 982. The van der Waals surface area contributed by atoms with Crippen LogP contribution in [-0.2, 0) is 4.79 Å². The molecule has 1 aromatic carbocycles. The third kappa shape index (κ3) is 3.73. The smallest absolute Gasteiger partial charge is 0.257 e. The Hall–Kier alpha value is -2.38. The zero-order chi connectivity index (χ0) is 18.7. The number of carbonyl (C=O) groups is 1. The van der Waals surface area contributed by atoms with E-state index in [9.17, 15) is 9.90 Å². The van der Waals surface area contributed by atoms with E-state index in [1.54, 1.807) is 12.3 Å². The first-order valence-electron chi connectivity index (χ1n) is 7.75. The summed E-state index contributed by atoms with van der Waals surface area (Å²) >= 11 is 6.58. The number of para-hydroxylation sites is 1. The van der Waals surface area contributed by atoms with Crippen molar-refractivity contribution >= 4 is 49.2 Å². The van der Waals surface area contributed by atoms with E-state index in [0.29, 0.717) is 15.9 Å². The van der Waals surface area contributed by atoms with Crippen LogP contribution >= 0.6 is 31.9 Å². The molecule has 1 aliphatic heterocycles. The summed E-state index contributed by atoms with van der Waals surface area (Å²) in [6.45, 7) is 1.84. The third-order valence-electron chi connectivity index (χ3n) is 3.81. The molecule has 7 heteroatoms. The van der Waals surface area contributed by atoms with E-state index in [1.165, 1.54) is 0 Å². The quantitative estimate of drug-likeness (QED) is 0.414. The van der Waals surface area contributed by atoms with Crippen molar-refractivity contribution in [3.63, 3.8) is 0 Å². The van der Waals surface area contributed by atoms with Crippen LogP contribution in [0.5, 0.6) is 5.75 Å². The monoisotopic (exact) mass is 475 g/mol. The summed E-state index contributed by atoms with van der Waals surface area (Å²) in [6.07, 6.45) is 7.13. The topological polar surface area (TPSA) is 78.0 Å². The highest BCUT2D eigenvalue weighted by Crippen LogP contribution is 2.34. The number of anilines is 1. The number of H-pyrrole nitrogens is 1. The van der Waals surface area contributed by atoms with Gasteiger partial charge in [-0.2, -0.15) is 0 Å². The highest BCUT2D eigenvalue weighted by molar-refractivity contribution is 9.10. The number of hydrogen-bond acceptors (Lipinski definition) is 3. The largest absolute Gasteiger partial charge is 0.506 e. The summed E-state index contributed by atoms with van der Waals surface area (Å²) in [7, 11) is 0. The molecule has 0 saturated carbocycles. The first kappa shape index (κ1) is 18.4. The van der Waals surface area contributed by atoms with Crippen molar-refractivity contribution in [1.82, 2.24) is 9.97 Å². The average Bonchev–Trinajstić information content (AvgIpc) is 3.25. The second kappa shape index (κ2) is 7.88. The van der Waals surface area contributed by atoms with E-state index in [-0.39, 0.29) is 11.7 Å². The number of nitrogens with one attached hydrogen (secondary N) is 2. The first-order valence-corrected chi connectivity index (χ1v) is 9.34. The second-order valence-corrected chi connectivity index (χ2v) is 7.21. The maximum absolute atomic E-state index is 11.3. The molecule has 2 aromatic heterocycles. The van der Waals surface area contributed by atoms with E-state index >= 15 is 0 Å². The fourth-order valence-corrected chi connectivity index (χ4v) is 3.27. The molecule has 0 unspecified atom stereocenters. The van der Waals surface area contributed by atoms with Crippen molar-refractivity contribution in [3.8, 4) is 16.9 Å². The van der Waals surface area contributed by atoms with Gasteiger partial charge in [0.25, 0.3) is 5.91 Å². The van der Waals surface area contributed by atoms with Gasteiger partial charge < -0.3 is 15.4 Å². The van der Waals surface area contributed by atoms with Crippen LogP contribution in [0.1, 0.15) is 12.5 Å². The first-order chi connectivity index (χ1) is 12.5. The summed E-state index contributed by atoms with van der Waals surface area (Å²) in [5.41, 5.74) is 3.36.